The molecule has 0 radical (unpaired) electrons. The Balaban J connectivity index is 1.62. The molecule has 1 saturated carbocycles. The van der Waals surface area contributed by atoms with E-state index in [0.717, 1.165) is 29.7 Å². The van der Waals surface area contributed by atoms with Crippen LogP contribution in [-0.4, -0.2) is 10.9 Å². The molecule has 1 unspecified atom stereocenters. The molecule has 0 spiro atoms. The van der Waals surface area contributed by atoms with Crippen molar-refractivity contribution in [3.05, 3.63) is 88.1 Å². The zero-order valence-electron chi connectivity index (χ0n) is 18.2. The zero-order chi connectivity index (χ0) is 21.8. The molecule has 1 fully saturated rings. The number of aryl methyl sites for hydroxylation is 2. The maximum atomic E-state index is 13.4. The van der Waals surface area contributed by atoms with E-state index in [1.165, 1.54) is 30.4 Å². The summed E-state index contributed by atoms with van der Waals surface area (Å²) in [4.78, 5) is 17.9. The molecule has 4 heteroatoms. The molecule has 0 saturated heterocycles. The molecule has 1 N–H and O–H groups in total. The van der Waals surface area contributed by atoms with Crippen molar-refractivity contribution in [1.82, 2.24) is 10.3 Å². The second-order valence-corrected chi connectivity index (χ2v) is 9.08. The molecule has 160 valence electrons. The van der Waals surface area contributed by atoms with Crippen molar-refractivity contribution in [3.8, 4) is 11.3 Å². The maximum Gasteiger partial charge on any atom is 0.253 e. The number of aromatic nitrogens is 1. The number of hydrogen-bond donors (Lipinski definition) is 1. The highest BCUT2D eigenvalue weighted by molar-refractivity contribution is 6.34. The number of halogens is 1. The predicted molar refractivity (Wildman–Crippen MR) is 127 cm³/mol. The number of carbonyl (C=O) groups excluding carboxylic acids is 1. The molecule has 1 aliphatic rings. The second kappa shape index (κ2) is 9.65. The minimum Gasteiger partial charge on any atom is -0.345 e. The molecular formula is C27H29ClN2O. The lowest BCUT2D eigenvalue weighted by Crippen LogP contribution is -2.34. The Morgan fingerprint density at radius 3 is 2.35 bits per heavy atom. The van der Waals surface area contributed by atoms with Gasteiger partial charge in [-0.1, -0.05) is 72.8 Å². The van der Waals surface area contributed by atoms with E-state index in [0.29, 0.717) is 16.5 Å². The largest absolute Gasteiger partial charge is 0.345 e. The maximum absolute atomic E-state index is 13.4. The quantitative estimate of drug-likeness (QED) is 0.468. The van der Waals surface area contributed by atoms with Gasteiger partial charge in [0.15, 0.2) is 0 Å². The molecule has 31 heavy (non-hydrogen) atoms. The molecule has 0 aliphatic heterocycles. The minimum atomic E-state index is -0.130. The molecule has 1 aromatic heterocycles. The summed E-state index contributed by atoms with van der Waals surface area (Å²) in [6, 6.07) is 18.1. The van der Waals surface area contributed by atoms with Gasteiger partial charge in [-0.3, -0.25) is 9.78 Å². The fraction of sp³-hybridized carbons (Fsp3) is 0.333. The molecule has 1 atom stereocenters. The molecule has 1 heterocycles. The molecule has 3 nitrogen and oxygen atoms in total. The molecule has 0 bridgehead atoms. The summed E-state index contributed by atoms with van der Waals surface area (Å²) in [6.45, 7) is 4.09. The predicted octanol–water partition coefficient (Wildman–Crippen LogP) is 7.07. The third-order valence-corrected chi connectivity index (χ3v) is 6.59. The van der Waals surface area contributed by atoms with E-state index in [1.807, 2.05) is 37.4 Å². The number of nitrogens with one attached hydrogen (secondary N) is 1. The van der Waals surface area contributed by atoms with Crippen molar-refractivity contribution < 1.29 is 4.79 Å². The van der Waals surface area contributed by atoms with Crippen molar-refractivity contribution in [2.24, 2.45) is 5.92 Å². The van der Waals surface area contributed by atoms with E-state index in [-0.39, 0.29) is 11.9 Å². The fourth-order valence-corrected chi connectivity index (χ4v) is 4.63. The van der Waals surface area contributed by atoms with Gasteiger partial charge in [-0.2, -0.15) is 0 Å². The lowest BCUT2D eigenvalue weighted by Gasteiger charge is -2.31. The summed E-state index contributed by atoms with van der Waals surface area (Å²) >= 11 is 6.46. The van der Waals surface area contributed by atoms with Crippen molar-refractivity contribution in [2.75, 3.05) is 0 Å². The first-order valence-corrected chi connectivity index (χ1v) is 11.5. The topological polar surface area (TPSA) is 42.0 Å². The Hall–Kier alpha value is -2.65. The lowest BCUT2D eigenvalue weighted by molar-refractivity contribution is 0.0912. The van der Waals surface area contributed by atoms with Crippen LogP contribution in [0, 0.1) is 19.8 Å². The summed E-state index contributed by atoms with van der Waals surface area (Å²) in [5, 5.41) is 3.78. The van der Waals surface area contributed by atoms with Crippen molar-refractivity contribution >= 4 is 17.5 Å². The van der Waals surface area contributed by atoms with Crippen LogP contribution >= 0.6 is 11.6 Å². The van der Waals surface area contributed by atoms with Crippen LogP contribution in [0.15, 0.2) is 60.8 Å². The minimum absolute atomic E-state index is 0.00868. The Bertz CT molecular complexity index is 1040. The summed E-state index contributed by atoms with van der Waals surface area (Å²) in [7, 11) is 0. The first kappa shape index (κ1) is 21.6. The number of rotatable bonds is 5. The van der Waals surface area contributed by atoms with Gasteiger partial charge in [0.1, 0.15) is 0 Å². The number of hydrogen-bond acceptors (Lipinski definition) is 2. The average molecular weight is 433 g/mol. The van der Waals surface area contributed by atoms with Gasteiger partial charge < -0.3 is 5.32 Å². The smallest absolute Gasteiger partial charge is 0.253 e. The molecule has 2 aromatic carbocycles. The van der Waals surface area contributed by atoms with Gasteiger partial charge >= 0.3 is 0 Å². The number of benzene rings is 2. The first-order valence-electron chi connectivity index (χ1n) is 11.1. The Morgan fingerprint density at radius 1 is 0.968 bits per heavy atom. The SMILES string of the molecule is Cc1ccc(C(NC(=O)c2cc(-c3ccc(C)cn3)ccc2Cl)C2CCCCC2)cc1. The Labute approximate surface area is 189 Å². The van der Waals surface area contributed by atoms with Gasteiger partial charge in [-0.15, -0.1) is 0 Å². The summed E-state index contributed by atoms with van der Waals surface area (Å²) in [5.74, 6) is 0.316. The van der Waals surface area contributed by atoms with Crippen LogP contribution in [0.3, 0.4) is 0 Å². The molecule has 4 rings (SSSR count). The van der Waals surface area contributed by atoms with Crippen molar-refractivity contribution in [3.63, 3.8) is 0 Å². The average Bonchev–Trinajstić information content (AvgIpc) is 2.79. The zero-order valence-corrected chi connectivity index (χ0v) is 19.0. The van der Waals surface area contributed by atoms with Crippen LogP contribution < -0.4 is 5.32 Å². The number of carbonyl (C=O) groups is 1. The van der Waals surface area contributed by atoms with Gasteiger partial charge in [0.2, 0.25) is 0 Å². The third kappa shape index (κ3) is 5.16. The van der Waals surface area contributed by atoms with Gasteiger partial charge in [0.25, 0.3) is 5.91 Å². The Morgan fingerprint density at radius 2 is 1.68 bits per heavy atom. The van der Waals surface area contributed by atoms with E-state index in [2.05, 4.69) is 41.5 Å². The normalized spacial score (nSPS) is 15.5. The highest BCUT2D eigenvalue weighted by atomic mass is 35.5. The first-order chi connectivity index (χ1) is 15.0. The third-order valence-electron chi connectivity index (χ3n) is 6.26. The highest BCUT2D eigenvalue weighted by Crippen LogP contribution is 2.35. The van der Waals surface area contributed by atoms with Crippen LogP contribution in [0.2, 0.25) is 5.02 Å². The molecular weight excluding hydrogens is 404 g/mol. The Kier molecular flexibility index (Phi) is 6.72. The van der Waals surface area contributed by atoms with E-state index in [4.69, 9.17) is 11.6 Å². The van der Waals surface area contributed by atoms with Crippen LogP contribution in [-0.2, 0) is 0 Å². The highest BCUT2D eigenvalue weighted by Gasteiger charge is 2.27. The van der Waals surface area contributed by atoms with Crippen LogP contribution in [0.1, 0.15) is 65.2 Å². The molecule has 3 aromatic rings. The van der Waals surface area contributed by atoms with Crippen molar-refractivity contribution in [2.45, 2.75) is 52.0 Å². The van der Waals surface area contributed by atoms with Gasteiger partial charge in [-0.25, -0.2) is 0 Å². The number of nitrogens with zero attached hydrogens (tertiary/aromatic N) is 1. The van der Waals surface area contributed by atoms with Crippen molar-refractivity contribution in [1.29, 1.82) is 0 Å². The van der Waals surface area contributed by atoms with E-state index >= 15 is 0 Å². The fourth-order valence-electron chi connectivity index (χ4n) is 4.43. The second-order valence-electron chi connectivity index (χ2n) is 8.68. The van der Waals surface area contributed by atoms with E-state index < -0.39 is 0 Å². The summed E-state index contributed by atoms with van der Waals surface area (Å²) < 4.78 is 0. The van der Waals surface area contributed by atoms with Gasteiger partial charge in [0.05, 0.1) is 22.3 Å². The summed E-state index contributed by atoms with van der Waals surface area (Å²) in [6.07, 6.45) is 7.83. The van der Waals surface area contributed by atoms with Crippen LogP contribution in [0.4, 0.5) is 0 Å². The lowest BCUT2D eigenvalue weighted by atomic mass is 9.81. The van der Waals surface area contributed by atoms with Crippen LogP contribution in [0.5, 0.6) is 0 Å². The van der Waals surface area contributed by atoms with Crippen LogP contribution in [0.25, 0.3) is 11.3 Å². The van der Waals surface area contributed by atoms with E-state index in [9.17, 15) is 4.79 Å². The number of amides is 1. The molecule has 1 aliphatic carbocycles. The number of pyridine rings is 1. The summed E-state index contributed by atoms with van der Waals surface area (Å²) in [5.41, 5.74) is 5.70. The molecule has 1 amide bonds. The van der Waals surface area contributed by atoms with Gasteiger partial charge in [-0.05, 0) is 61.9 Å². The van der Waals surface area contributed by atoms with E-state index in [1.54, 1.807) is 6.07 Å². The van der Waals surface area contributed by atoms with Gasteiger partial charge in [0, 0.05) is 11.8 Å². The monoisotopic (exact) mass is 432 g/mol. The standard InChI is InChI=1S/C27H29ClN2O/c1-18-8-11-21(12-9-18)26(20-6-4-3-5-7-20)30-27(31)23-16-22(13-14-24(23)28)25-15-10-19(2)17-29-25/h8-17,20,26H,3-7H2,1-2H3,(H,30,31).